The third-order valence-corrected chi connectivity index (χ3v) is 6.53. The first kappa shape index (κ1) is 20.4. The van der Waals surface area contributed by atoms with Crippen LogP contribution in [-0.4, -0.2) is 19.1 Å². The Balaban J connectivity index is 1.49. The van der Waals surface area contributed by atoms with E-state index in [-0.39, 0.29) is 0 Å². The van der Waals surface area contributed by atoms with Gasteiger partial charge < -0.3 is 0 Å². The molecule has 0 bridgehead atoms. The molecule has 0 fully saturated rings. The second kappa shape index (κ2) is 8.36. The first-order valence-electron chi connectivity index (χ1n) is 12.0. The smallest absolute Gasteiger partial charge is 0.145 e. The van der Waals surface area contributed by atoms with Crippen LogP contribution in [0.25, 0.3) is 56.2 Å². The van der Waals surface area contributed by atoms with Gasteiger partial charge in [0.15, 0.2) is 0 Å². The molecule has 7 rings (SSSR count). The molecule has 4 nitrogen and oxygen atoms in total. The maximum atomic E-state index is 5.01. The molecule has 0 aliphatic heterocycles. The van der Waals surface area contributed by atoms with Crippen molar-refractivity contribution in [2.45, 2.75) is 0 Å². The zero-order valence-corrected chi connectivity index (χ0v) is 19.5. The predicted octanol–water partition coefficient (Wildman–Crippen LogP) is 7.70. The number of hydrogen-bond acceptors (Lipinski definition) is 2. The molecule has 2 aromatic heterocycles. The van der Waals surface area contributed by atoms with Crippen LogP contribution in [0.4, 0.5) is 0 Å². The maximum absolute atomic E-state index is 5.01. The second-order valence-corrected chi connectivity index (χ2v) is 8.77. The molecule has 0 spiro atoms. The largest absolute Gasteiger partial charge is 0.292 e. The highest BCUT2D eigenvalue weighted by Gasteiger charge is 2.17. The second-order valence-electron chi connectivity index (χ2n) is 8.77. The molecule has 0 radical (unpaired) electrons. The molecular weight excluding hydrogens is 440 g/mol. The molecule has 5 aromatic carbocycles. The monoisotopic (exact) mass is 462 g/mol. The summed E-state index contributed by atoms with van der Waals surface area (Å²) in [5.74, 6) is 1.85. The molecule has 0 aliphatic carbocycles. The Bertz CT molecular complexity index is 1700. The molecule has 0 saturated heterocycles. The summed E-state index contributed by atoms with van der Waals surface area (Å²) in [4.78, 5) is 10.0. The predicted molar refractivity (Wildman–Crippen MR) is 147 cm³/mol. The summed E-state index contributed by atoms with van der Waals surface area (Å²) < 4.78 is 4.49. The van der Waals surface area contributed by atoms with Gasteiger partial charge in [-0.2, -0.15) is 0 Å². The van der Waals surface area contributed by atoms with Gasteiger partial charge in [-0.25, -0.2) is 9.97 Å². The zero-order valence-electron chi connectivity index (χ0n) is 19.5. The highest BCUT2D eigenvalue weighted by molar-refractivity contribution is 5.85. The Morgan fingerprint density at radius 1 is 0.389 bits per heavy atom. The van der Waals surface area contributed by atoms with Crippen molar-refractivity contribution in [2.24, 2.45) is 0 Å². The Morgan fingerprint density at radius 3 is 1.28 bits per heavy atom. The van der Waals surface area contributed by atoms with Gasteiger partial charge in [-0.05, 0) is 42.5 Å². The summed E-state index contributed by atoms with van der Waals surface area (Å²) in [7, 11) is 0. The number of imidazole rings is 2. The Kier molecular flexibility index (Phi) is 4.74. The van der Waals surface area contributed by atoms with Crippen LogP contribution in [-0.2, 0) is 0 Å². The topological polar surface area (TPSA) is 35.6 Å². The fraction of sp³-hybridized carbons (Fsp3) is 0. The molecule has 0 N–H and O–H groups in total. The quantitative estimate of drug-likeness (QED) is 0.269. The normalized spacial score (nSPS) is 11.3. The van der Waals surface area contributed by atoms with E-state index in [0.29, 0.717) is 0 Å². The maximum Gasteiger partial charge on any atom is 0.145 e. The molecule has 0 amide bonds. The summed E-state index contributed by atoms with van der Waals surface area (Å²) in [5, 5.41) is 0. The van der Waals surface area contributed by atoms with Gasteiger partial charge in [-0.15, -0.1) is 0 Å². The summed E-state index contributed by atoms with van der Waals surface area (Å²) in [5.41, 5.74) is 8.36. The van der Waals surface area contributed by atoms with Crippen molar-refractivity contribution in [3.63, 3.8) is 0 Å². The van der Waals surface area contributed by atoms with Gasteiger partial charge >= 0.3 is 0 Å². The van der Waals surface area contributed by atoms with Crippen LogP contribution in [0.5, 0.6) is 0 Å². The van der Waals surface area contributed by atoms with E-state index in [0.717, 1.165) is 56.2 Å². The van der Waals surface area contributed by atoms with E-state index in [1.807, 2.05) is 24.3 Å². The van der Waals surface area contributed by atoms with Crippen molar-refractivity contribution in [2.75, 3.05) is 0 Å². The van der Waals surface area contributed by atoms with E-state index in [2.05, 4.69) is 118 Å². The van der Waals surface area contributed by atoms with E-state index in [4.69, 9.17) is 9.97 Å². The SMILES string of the molecule is c1ccc(-c2nc3ccccc3n2-c2cccc(-n3c(-c4ccccc4)nc4ccccc43)c2)cc1. The lowest BCUT2D eigenvalue weighted by Crippen LogP contribution is -2.01. The van der Waals surface area contributed by atoms with Crippen LogP contribution >= 0.6 is 0 Å². The van der Waals surface area contributed by atoms with Gasteiger partial charge in [0.2, 0.25) is 0 Å². The number of aromatic nitrogens is 4. The van der Waals surface area contributed by atoms with E-state index in [1.165, 1.54) is 0 Å². The molecule has 36 heavy (non-hydrogen) atoms. The minimum absolute atomic E-state index is 0.924. The van der Waals surface area contributed by atoms with Gasteiger partial charge in [0.1, 0.15) is 11.6 Å². The first-order valence-corrected chi connectivity index (χ1v) is 12.0. The molecular formula is C32H22N4. The number of benzene rings is 5. The van der Waals surface area contributed by atoms with Crippen LogP contribution in [0, 0.1) is 0 Å². The molecule has 0 aliphatic rings. The average Bonchev–Trinajstić information content (AvgIpc) is 3.53. The van der Waals surface area contributed by atoms with Crippen molar-refractivity contribution < 1.29 is 0 Å². The standard InChI is InChI=1S/C32H22N4/c1-3-12-23(13-4-1)31-33-27-18-7-9-20-29(27)35(31)25-16-11-17-26(22-25)36-30-21-10-8-19-28(30)34-32(36)24-14-5-2-6-15-24/h1-22H. The van der Waals surface area contributed by atoms with Gasteiger partial charge in [-0.1, -0.05) is 91.0 Å². The molecule has 0 atom stereocenters. The number of nitrogens with zero attached hydrogens (tertiary/aromatic N) is 4. The lowest BCUT2D eigenvalue weighted by Gasteiger charge is -2.14. The van der Waals surface area contributed by atoms with E-state index < -0.39 is 0 Å². The molecule has 7 aromatic rings. The summed E-state index contributed by atoms with van der Waals surface area (Å²) >= 11 is 0. The van der Waals surface area contributed by atoms with Crippen LogP contribution in [0.15, 0.2) is 133 Å². The van der Waals surface area contributed by atoms with Crippen molar-refractivity contribution in [3.05, 3.63) is 133 Å². The minimum atomic E-state index is 0.924. The molecule has 2 heterocycles. The van der Waals surface area contributed by atoms with Crippen molar-refractivity contribution in [3.8, 4) is 34.2 Å². The minimum Gasteiger partial charge on any atom is -0.292 e. The highest BCUT2D eigenvalue weighted by Crippen LogP contribution is 2.32. The van der Waals surface area contributed by atoms with Crippen molar-refractivity contribution in [1.82, 2.24) is 19.1 Å². The summed E-state index contributed by atoms with van der Waals surface area (Å²) in [6, 6.07) is 45.9. The average molecular weight is 463 g/mol. The van der Waals surface area contributed by atoms with Gasteiger partial charge in [0.05, 0.1) is 22.1 Å². The number of para-hydroxylation sites is 4. The van der Waals surface area contributed by atoms with Gasteiger partial charge in [0, 0.05) is 22.5 Å². The van der Waals surface area contributed by atoms with Crippen LogP contribution < -0.4 is 0 Å². The first-order chi connectivity index (χ1) is 17.9. The van der Waals surface area contributed by atoms with Crippen LogP contribution in [0.1, 0.15) is 0 Å². The third kappa shape index (κ3) is 3.31. The van der Waals surface area contributed by atoms with E-state index in [1.54, 1.807) is 0 Å². The lowest BCUT2D eigenvalue weighted by atomic mass is 10.2. The van der Waals surface area contributed by atoms with Crippen LogP contribution in [0.3, 0.4) is 0 Å². The number of rotatable bonds is 4. The zero-order chi connectivity index (χ0) is 23.9. The van der Waals surface area contributed by atoms with Gasteiger partial charge in [-0.3, -0.25) is 9.13 Å². The number of fused-ring (bicyclic) bond motifs is 2. The summed E-state index contributed by atoms with van der Waals surface area (Å²) in [6.07, 6.45) is 0. The van der Waals surface area contributed by atoms with E-state index >= 15 is 0 Å². The highest BCUT2D eigenvalue weighted by atomic mass is 15.1. The fourth-order valence-electron chi connectivity index (χ4n) is 4.91. The van der Waals surface area contributed by atoms with Gasteiger partial charge in [0.25, 0.3) is 0 Å². The summed E-state index contributed by atoms with van der Waals surface area (Å²) in [6.45, 7) is 0. The Labute approximate surface area is 208 Å². The fourth-order valence-corrected chi connectivity index (χ4v) is 4.91. The third-order valence-electron chi connectivity index (χ3n) is 6.53. The Hall–Kier alpha value is -4.96. The van der Waals surface area contributed by atoms with Crippen LogP contribution in [0.2, 0.25) is 0 Å². The molecule has 170 valence electrons. The lowest BCUT2D eigenvalue weighted by molar-refractivity contribution is 1.07. The number of hydrogen-bond donors (Lipinski definition) is 0. The molecule has 0 unspecified atom stereocenters. The molecule has 4 heteroatoms. The van der Waals surface area contributed by atoms with E-state index in [9.17, 15) is 0 Å². The Morgan fingerprint density at radius 2 is 0.806 bits per heavy atom. The van der Waals surface area contributed by atoms with Crippen molar-refractivity contribution in [1.29, 1.82) is 0 Å². The molecule has 0 saturated carbocycles. The van der Waals surface area contributed by atoms with Crippen molar-refractivity contribution >= 4 is 22.1 Å².